The topological polar surface area (TPSA) is 91.5 Å². The number of carbonyl (C=O) groups is 1. The summed E-state index contributed by atoms with van der Waals surface area (Å²) in [6, 6.07) is 0. The van der Waals surface area contributed by atoms with Gasteiger partial charge in [-0.15, -0.1) is 0 Å². The highest BCUT2D eigenvalue weighted by Crippen LogP contribution is 2.27. The normalized spacial score (nSPS) is 12.2. The Balaban J connectivity index is 2.65. The van der Waals surface area contributed by atoms with Crippen molar-refractivity contribution in [3.05, 3.63) is 4.88 Å². The van der Waals surface area contributed by atoms with Crippen LogP contribution in [0.25, 0.3) is 0 Å². The Morgan fingerprint density at radius 1 is 1.55 bits per heavy atom. The van der Waals surface area contributed by atoms with Crippen LogP contribution in [0.5, 0.6) is 0 Å². The largest absolute Gasteiger partial charge is 0.396 e. The standard InChI is InChI=1S/C13H24N4O2S/c1-4-9(6-7-18)8-15-12(19)10-11(14)16-13(20-10)17(3)5-2/h9,18H,4-8,14H2,1-3H3,(H,15,19). The second-order valence-electron chi connectivity index (χ2n) is 4.72. The van der Waals surface area contributed by atoms with Crippen molar-refractivity contribution in [1.82, 2.24) is 10.3 Å². The quantitative estimate of drug-likeness (QED) is 0.673. The van der Waals surface area contributed by atoms with E-state index in [-0.39, 0.29) is 24.2 Å². The minimum absolute atomic E-state index is 0.141. The average Bonchev–Trinajstić information content (AvgIpc) is 2.84. The van der Waals surface area contributed by atoms with Crippen LogP contribution >= 0.6 is 11.3 Å². The predicted molar refractivity (Wildman–Crippen MR) is 83.3 cm³/mol. The summed E-state index contributed by atoms with van der Waals surface area (Å²) in [5, 5.41) is 12.6. The number of amides is 1. The summed E-state index contributed by atoms with van der Waals surface area (Å²) in [4.78, 5) is 18.7. The molecule has 1 unspecified atom stereocenters. The van der Waals surface area contributed by atoms with Crippen LogP contribution in [0.1, 0.15) is 36.4 Å². The summed E-state index contributed by atoms with van der Waals surface area (Å²) >= 11 is 1.30. The van der Waals surface area contributed by atoms with Gasteiger partial charge in [0.2, 0.25) is 0 Å². The zero-order valence-corrected chi connectivity index (χ0v) is 13.2. The van der Waals surface area contributed by atoms with Crippen LogP contribution in [0.4, 0.5) is 10.9 Å². The lowest BCUT2D eigenvalue weighted by Crippen LogP contribution is -2.29. The number of rotatable bonds is 8. The average molecular weight is 300 g/mol. The fraction of sp³-hybridized carbons (Fsp3) is 0.692. The molecule has 0 radical (unpaired) electrons. The molecule has 0 aliphatic carbocycles. The molecule has 1 aromatic rings. The number of nitrogens with two attached hydrogens (primary N) is 1. The first-order valence-electron chi connectivity index (χ1n) is 6.89. The van der Waals surface area contributed by atoms with E-state index in [1.807, 2.05) is 25.8 Å². The minimum atomic E-state index is -0.188. The molecule has 6 nitrogen and oxygen atoms in total. The molecule has 20 heavy (non-hydrogen) atoms. The number of carbonyl (C=O) groups excluding carboxylic acids is 1. The van der Waals surface area contributed by atoms with E-state index < -0.39 is 0 Å². The van der Waals surface area contributed by atoms with Crippen LogP contribution in [0, 0.1) is 5.92 Å². The first-order valence-corrected chi connectivity index (χ1v) is 7.71. The Kier molecular flexibility index (Phi) is 6.74. The summed E-state index contributed by atoms with van der Waals surface area (Å²) in [6.07, 6.45) is 1.61. The molecule has 0 fully saturated rings. The summed E-state index contributed by atoms with van der Waals surface area (Å²) < 4.78 is 0. The fourth-order valence-corrected chi connectivity index (χ4v) is 2.66. The van der Waals surface area contributed by atoms with Crippen molar-refractivity contribution in [2.24, 2.45) is 5.92 Å². The second-order valence-corrected chi connectivity index (χ2v) is 5.70. The minimum Gasteiger partial charge on any atom is -0.396 e. The summed E-state index contributed by atoms with van der Waals surface area (Å²) in [7, 11) is 1.91. The van der Waals surface area contributed by atoms with Crippen molar-refractivity contribution in [2.75, 3.05) is 37.4 Å². The van der Waals surface area contributed by atoms with E-state index in [4.69, 9.17) is 10.8 Å². The Morgan fingerprint density at radius 3 is 2.80 bits per heavy atom. The first kappa shape index (κ1) is 16.7. The van der Waals surface area contributed by atoms with E-state index in [0.717, 1.165) is 18.1 Å². The molecule has 4 N–H and O–H groups in total. The van der Waals surface area contributed by atoms with Gasteiger partial charge < -0.3 is 21.1 Å². The van der Waals surface area contributed by atoms with Crippen molar-refractivity contribution in [3.8, 4) is 0 Å². The molecule has 114 valence electrons. The van der Waals surface area contributed by atoms with E-state index >= 15 is 0 Å². The smallest absolute Gasteiger partial charge is 0.265 e. The molecule has 7 heteroatoms. The lowest BCUT2D eigenvalue weighted by Gasteiger charge is -2.13. The molecular weight excluding hydrogens is 276 g/mol. The number of aliphatic hydroxyl groups is 1. The molecule has 0 bridgehead atoms. The van der Waals surface area contributed by atoms with Gasteiger partial charge in [-0.05, 0) is 19.3 Å². The monoisotopic (exact) mass is 300 g/mol. The number of anilines is 2. The summed E-state index contributed by atoms with van der Waals surface area (Å²) in [5.74, 6) is 0.376. The number of nitrogen functional groups attached to an aromatic ring is 1. The molecule has 0 aliphatic rings. The van der Waals surface area contributed by atoms with Gasteiger partial charge in [0.05, 0.1) is 0 Å². The van der Waals surface area contributed by atoms with Crippen LogP contribution in [-0.4, -0.2) is 42.7 Å². The van der Waals surface area contributed by atoms with E-state index in [9.17, 15) is 4.79 Å². The molecule has 1 atom stereocenters. The summed E-state index contributed by atoms with van der Waals surface area (Å²) in [6.45, 7) is 5.55. The number of nitrogens with zero attached hydrogens (tertiary/aromatic N) is 2. The molecule has 0 saturated heterocycles. The summed E-state index contributed by atoms with van der Waals surface area (Å²) in [5.41, 5.74) is 5.80. The number of aliphatic hydroxyl groups excluding tert-OH is 1. The van der Waals surface area contributed by atoms with E-state index in [1.165, 1.54) is 11.3 Å². The van der Waals surface area contributed by atoms with Gasteiger partial charge in [0.25, 0.3) is 5.91 Å². The van der Waals surface area contributed by atoms with Crippen molar-refractivity contribution in [1.29, 1.82) is 0 Å². The zero-order valence-electron chi connectivity index (χ0n) is 12.3. The third kappa shape index (κ3) is 4.35. The van der Waals surface area contributed by atoms with Gasteiger partial charge >= 0.3 is 0 Å². The Bertz CT molecular complexity index is 436. The van der Waals surface area contributed by atoms with Crippen molar-refractivity contribution >= 4 is 28.2 Å². The van der Waals surface area contributed by atoms with Crippen LogP contribution in [0.15, 0.2) is 0 Å². The lowest BCUT2D eigenvalue weighted by molar-refractivity contribution is 0.0948. The fourth-order valence-electron chi connectivity index (χ4n) is 1.73. The van der Waals surface area contributed by atoms with Gasteiger partial charge in [0.15, 0.2) is 5.13 Å². The van der Waals surface area contributed by atoms with Gasteiger partial charge in [-0.25, -0.2) is 4.98 Å². The van der Waals surface area contributed by atoms with E-state index in [2.05, 4.69) is 10.3 Å². The van der Waals surface area contributed by atoms with Gasteiger partial charge in [-0.3, -0.25) is 4.79 Å². The molecule has 0 aromatic carbocycles. The number of nitrogens with one attached hydrogen (secondary N) is 1. The number of hydrogen-bond donors (Lipinski definition) is 3. The highest BCUT2D eigenvalue weighted by molar-refractivity contribution is 7.18. The molecule has 0 aliphatic heterocycles. The van der Waals surface area contributed by atoms with Crippen LogP contribution in [0.3, 0.4) is 0 Å². The Labute approximate surface area is 124 Å². The molecule has 0 saturated carbocycles. The van der Waals surface area contributed by atoms with Crippen LogP contribution in [0.2, 0.25) is 0 Å². The Morgan fingerprint density at radius 2 is 2.25 bits per heavy atom. The highest BCUT2D eigenvalue weighted by Gasteiger charge is 2.18. The molecular formula is C13H24N4O2S. The van der Waals surface area contributed by atoms with Crippen molar-refractivity contribution in [2.45, 2.75) is 26.7 Å². The third-order valence-electron chi connectivity index (χ3n) is 3.32. The van der Waals surface area contributed by atoms with Crippen molar-refractivity contribution in [3.63, 3.8) is 0 Å². The van der Waals surface area contributed by atoms with Crippen LogP contribution < -0.4 is 16.0 Å². The molecule has 1 amide bonds. The zero-order chi connectivity index (χ0) is 15.1. The SMILES string of the molecule is CCC(CCO)CNC(=O)c1sc(N(C)CC)nc1N. The third-order valence-corrected chi connectivity index (χ3v) is 4.50. The first-order chi connectivity index (χ1) is 9.53. The maximum Gasteiger partial charge on any atom is 0.265 e. The van der Waals surface area contributed by atoms with Gasteiger partial charge in [0.1, 0.15) is 10.7 Å². The number of thiazole rings is 1. The second kappa shape index (κ2) is 8.06. The molecule has 1 heterocycles. The number of aromatic nitrogens is 1. The van der Waals surface area contributed by atoms with E-state index in [0.29, 0.717) is 17.8 Å². The van der Waals surface area contributed by atoms with Crippen LogP contribution in [-0.2, 0) is 0 Å². The Hall–Kier alpha value is -1.34. The van der Waals surface area contributed by atoms with E-state index in [1.54, 1.807) is 0 Å². The van der Waals surface area contributed by atoms with Crippen molar-refractivity contribution < 1.29 is 9.90 Å². The maximum atomic E-state index is 12.1. The van der Waals surface area contributed by atoms with Gasteiger partial charge in [0, 0.05) is 26.7 Å². The molecule has 1 aromatic heterocycles. The van der Waals surface area contributed by atoms with Gasteiger partial charge in [-0.1, -0.05) is 24.7 Å². The maximum absolute atomic E-state index is 12.1. The molecule has 1 rings (SSSR count). The lowest BCUT2D eigenvalue weighted by atomic mass is 10.0. The predicted octanol–water partition coefficient (Wildman–Crippen LogP) is 1.32. The number of hydrogen-bond acceptors (Lipinski definition) is 6. The molecule has 0 spiro atoms. The highest BCUT2D eigenvalue weighted by atomic mass is 32.1. The van der Waals surface area contributed by atoms with Gasteiger partial charge in [-0.2, -0.15) is 0 Å².